The number of aromatic nitrogens is 1. The van der Waals surface area contributed by atoms with Crippen molar-refractivity contribution < 1.29 is 4.79 Å². The fourth-order valence-corrected chi connectivity index (χ4v) is 4.08. The van der Waals surface area contributed by atoms with Crippen LogP contribution in [-0.4, -0.2) is 16.9 Å². The number of hydrogen-bond acceptors (Lipinski definition) is 2. The van der Waals surface area contributed by atoms with E-state index in [1.807, 2.05) is 30.3 Å². The highest BCUT2D eigenvalue weighted by Gasteiger charge is 2.54. The van der Waals surface area contributed by atoms with Crippen molar-refractivity contribution in [2.45, 2.75) is 25.8 Å². The number of carbonyl (C=O) groups is 1. The zero-order chi connectivity index (χ0) is 15.1. The molecule has 2 aliphatic rings. The molecule has 2 saturated carbocycles. The molecule has 0 bridgehead atoms. The Morgan fingerprint density at radius 1 is 1.23 bits per heavy atom. The van der Waals surface area contributed by atoms with E-state index in [4.69, 9.17) is 0 Å². The smallest absolute Gasteiger partial charge is 0.252 e. The molecule has 22 heavy (non-hydrogen) atoms. The van der Waals surface area contributed by atoms with Crippen LogP contribution in [0.2, 0.25) is 0 Å². The van der Waals surface area contributed by atoms with E-state index < -0.39 is 0 Å². The summed E-state index contributed by atoms with van der Waals surface area (Å²) in [5.41, 5.74) is 1.61. The van der Waals surface area contributed by atoms with Crippen molar-refractivity contribution in [3.63, 3.8) is 0 Å². The van der Waals surface area contributed by atoms with Crippen LogP contribution in [0.5, 0.6) is 0 Å². The molecule has 1 heterocycles. The van der Waals surface area contributed by atoms with Gasteiger partial charge < -0.3 is 5.32 Å². The topological polar surface area (TPSA) is 42.0 Å². The van der Waals surface area contributed by atoms with Gasteiger partial charge in [-0.1, -0.05) is 24.3 Å². The molecule has 0 radical (unpaired) electrons. The molecular formula is C19H20N2O. The van der Waals surface area contributed by atoms with Crippen LogP contribution in [-0.2, 0) is 0 Å². The Morgan fingerprint density at radius 2 is 2.05 bits per heavy atom. The van der Waals surface area contributed by atoms with E-state index in [1.54, 1.807) is 6.20 Å². The molecule has 1 amide bonds. The van der Waals surface area contributed by atoms with E-state index >= 15 is 0 Å². The van der Waals surface area contributed by atoms with Crippen LogP contribution in [0.1, 0.15) is 30.1 Å². The van der Waals surface area contributed by atoms with Gasteiger partial charge in [-0.25, -0.2) is 0 Å². The number of fused-ring (bicyclic) bond motifs is 2. The number of nitrogens with zero attached hydrogens (tertiary/aromatic N) is 1. The van der Waals surface area contributed by atoms with Crippen LogP contribution in [0.25, 0.3) is 10.9 Å². The fourth-order valence-electron chi connectivity index (χ4n) is 4.08. The maximum absolute atomic E-state index is 12.6. The van der Waals surface area contributed by atoms with E-state index in [1.165, 1.54) is 0 Å². The van der Waals surface area contributed by atoms with Crippen LogP contribution in [0.3, 0.4) is 0 Å². The second-order valence-electron chi connectivity index (χ2n) is 6.45. The number of allylic oxidation sites excluding steroid dienone is 2. The summed E-state index contributed by atoms with van der Waals surface area (Å²) in [5.74, 6) is 2.37. The Morgan fingerprint density at radius 3 is 2.82 bits per heavy atom. The average molecular weight is 292 g/mol. The molecule has 0 spiro atoms. The normalized spacial score (nSPS) is 29.7. The van der Waals surface area contributed by atoms with Crippen LogP contribution in [0.15, 0.2) is 48.7 Å². The first-order valence-electron chi connectivity index (χ1n) is 8.05. The van der Waals surface area contributed by atoms with E-state index in [0.717, 1.165) is 47.1 Å². The lowest BCUT2D eigenvalue weighted by Gasteiger charge is -2.16. The number of benzene rings is 1. The average Bonchev–Trinajstić information content (AvgIpc) is 2.99. The molecule has 1 N–H and O–H groups in total. The molecule has 2 aliphatic carbocycles. The minimum atomic E-state index is 0.0347. The summed E-state index contributed by atoms with van der Waals surface area (Å²) in [7, 11) is 0. The Kier molecular flexibility index (Phi) is 3.21. The van der Waals surface area contributed by atoms with Gasteiger partial charge in [0.1, 0.15) is 0 Å². The molecule has 0 saturated heterocycles. The second kappa shape index (κ2) is 5.24. The predicted molar refractivity (Wildman–Crippen MR) is 87.5 cm³/mol. The highest BCUT2D eigenvalue weighted by atomic mass is 16.1. The number of amides is 1. The lowest BCUT2D eigenvalue weighted by Crippen LogP contribution is -2.34. The summed E-state index contributed by atoms with van der Waals surface area (Å²) in [6, 6.07) is 9.90. The summed E-state index contributed by atoms with van der Waals surface area (Å²) in [6.45, 7) is 2.09. The van der Waals surface area contributed by atoms with Gasteiger partial charge in [0.25, 0.3) is 5.91 Å². The van der Waals surface area contributed by atoms with Gasteiger partial charge in [0.05, 0.1) is 5.52 Å². The van der Waals surface area contributed by atoms with E-state index in [2.05, 4.69) is 29.4 Å². The van der Waals surface area contributed by atoms with E-state index in [9.17, 15) is 4.79 Å². The van der Waals surface area contributed by atoms with Gasteiger partial charge in [-0.05, 0) is 55.7 Å². The van der Waals surface area contributed by atoms with Gasteiger partial charge in [0.15, 0.2) is 0 Å². The monoisotopic (exact) mass is 292 g/mol. The van der Waals surface area contributed by atoms with Gasteiger partial charge in [-0.3, -0.25) is 9.78 Å². The first kappa shape index (κ1) is 13.5. The molecule has 3 nitrogen and oxygen atoms in total. The molecular weight excluding hydrogens is 272 g/mol. The SMILES string of the molecule is CC=CC1[C@H]2CC(NC(=O)c3cccc4ncccc34)C[C@@H]12. The number of pyridine rings is 1. The highest BCUT2D eigenvalue weighted by molar-refractivity contribution is 6.06. The molecule has 3 heteroatoms. The summed E-state index contributed by atoms with van der Waals surface area (Å²) < 4.78 is 0. The third-order valence-electron chi connectivity index (χ3n) is 5.15. The first-order chi connectivity index (χ1) is 10.8. The largest absolute Gasteiger partial charge is 0.349 e. The summed E-state index contributed by atoms with van der Waals surface area (Å²) in [4.78, 5) is 16.9. The molecule has 2 aromatic rings. The van der Waals surface area contributed by atoms with Crippen LogP contribution < -0.4 is 5.32 Å². The summed E-state index contributed by atoms with van der Waals surface area (Å²) >= 11 is 0. The van der Waals surface area contributed by atoms with Gasteiger partial charge in [0, 0.05) is 23.2 Å². The molecule has 112 valence electrons. The Balaban J connectivity index is 1.47. The number of carbonyl (C=O) groups excluding carboxylic acids is 1. The van der Waals surface area contributed by atoms with Crippen molar-refractivity contribution in [2.24, 2.45) is 17.8 Å². The number of nitrogens with one attached hydrogen (secondary N) is 1. The van der Waals surface area contributed by atoms with Crippen LogP contribution in [0.4, 0.5) is 0 Å². The number of hydrogen-bond donors (Lipinski definition) is 1. The molecule has 0 aliphatic heterocycles. The van der Waals surface area contributed by atoms with Gasteiger partial charge in [0.2, 0.25) is 0 Å². The Labute approximate surface area is 130 Å². The minimum absolute atomic E-state index is 0.0347. The Hall–Kier alpha value is -2.16. The standard InChI is InChI=1S/C19H20N2O/c1-2-5-13-16-10-12(11-17(13)16)21-19(22)15-6-3-8-18-14(15)7-4-9-20-18/h2-9,12-13,16-17H,10-11H2,1H3,(H,21,22)/t12?,13?,16-,17+. The van der Waals surface area contributed by atoms with Crippen LogP contribution >= 0.6 is 0 Å². The maximum atomic E-state index is 12.6. The quantitative estimate of drug-likeness (QED) is 0.879. The second-order valence-corrected chi connectivity index (χ2v) is 6.45. The van der Waals surface area contributed by atoms with E-state index in [0.29, 0.717) is 6.04 Å². The van der Waals surface area contributed by atoms with Gasteiger partial charge >= 0.3 is 0 Å². The lowest BCUT2D eigenvalue weighted by molar-refractivity contribution is 0.0936. The Bertz CT molecular complexity index is 735. The first-order valence-corrected chi connectivity index (χ1v) is 8.05. The van der Waals surface area contributed by atoms with Crippen LogP contribution in [0, 0.1) is 17.8 Å². The van der Waals surface area contributed by atoms with Crippen molar-refractivity contribution in [3.8, 4) is 0 Å². The third-order valence-corrected chi connectivity index (χ3v) is 5.15. The molecule has 2 unspecified atom stereocenters. The van der Waals surface area contributed by atoms with Gasteiger partial charge in [-0.2, -0.15) is 0 Å². The maximum Gasteiger partial charge on any atom is 0.252 e. The third kappa shape index (κ3) is 2.21. The molecule has 1 aromatic heterocycles. The zero-order valence-corrected chi connectivity index (χ0v) is 12.7. The lowest BCUT2D eigenvalue weighted by atomic mass is 10.0. The highest BCUT2D eigenvalue weighted by Crippen LogP contribution is 2.58. The van der Waals surface area contributed by atoms with E-state index in [-0.39, 0.29) is 5.91 Å². The fraction of sp³-hybridized carbons (Fsp3) is 0.368. The van der Waals surface area contributed by atoms with Crippen molar-refractivity contribution in [1.29, 1.82) is 0 Å². The molecule has 1 aromatic carbocycles. The van der Waals surface area contributed by atoms with Crippen molar-refractivity contribution in [1.82, 2.24) is 10.3 Å². The number of rotatable bonds is 3. The van der Waals surface area contributed by atoms with Crippen molar-refractivity contribution in [3.05, 3.63) is 54.2 Å². The minimum Gasteiger partial charge on any atom is -0.349 e. The molecule has 2 fully saturated rings. The zero-order valence-electron chi connectivity index (χ0n) is 12.7. The van der Waals surface area contributed by atoms with Crippen molar-refractivity contribution in [2.75, 3.05) is 0 Å². The summed E-state index contributed by atoms with van der Waals surface area (Å²) in [5, 5.41) is 4.15. The summed E-state index contributed by atoms with van der Waals surface area (Å²) in [6.07, 6.45) is 8.47. The predicted octanol–water partition coefficient (Wildman–Crippen LogP) is 3.57. The van der Waals surface area contributed by atoms with Crippen molar-refractivity contribution >= 4 is 16.8 Å². The van der Waals surface area contributed by atoms with Gasteiger partial charge in [-0.15, -0.1) is 0 Å². The molecule has 4 atom stereocenters. The molecule has 4 rings (SSSR count).